The van der Waals surface area contributed by atoms with Crippen LogP contribution < -0.4 is 5.32 Å². The van der Waals surface area contributed by atoms with Crippen LogP contribution in [0, 0.1) is 5.82 Å². The zero-order valence-electron chi connectivity index (χ0n) is 14.6. The zero-order chi connectivity index (χ0) is 18.7. The van der Waals surface area contributed by atoms with Crippen molar-refractivity contribution in [3.05, 3.63) is 77.7 Å². The summed E-state index contributed by atoms with van der Waals surface area (Å²) < 4.78 is 14.5. The summed E-state index contributed by atoms with van der Waals surface area (Å²) in [7, 11) is 1.66. The Morgan fingerprint density at radius 2 is 1.85 bits per heavy atom. The summed E-state index contributed by atoms with van der Waals surface area (Å²) >= 11 is 0. The van der Waals surface area contributed by atoms with Crippen molar-refractivity contribution in [1.82, 2.24) is 15.1 Å². The lowest BCUT2D eigenvalue weighted by atomic mass is 9.96. The van der Waals surface area contributed by atoms with E-state index in [1.807, 2.05) is 30.3 Å². The maximum absolute atomic E-state index is 13.1. The minimum absolute atomic E-state index is 0.0624. The van der Waals surface area contributed by atoms with E-state index in [1.165, 1.54) is 16.8 Å². The first-order valence-electron chi connectivity index (χ1n) is 8.23. The van der Waals surface area contributed by atoms with Gasteiger partial charge in [-0.3, -0.25) is 9.48 Å². The predicted octanol–water partition coefficient (Wildman–Crippen LogP) is 2.86. The molecule has 2 N–H and O–H groups in total. The number of benzene rings is 2. The Morgan fingerprint density at radius 1 is 1.19 bits per heavy atom. The van der Waals surface area contributed by atoms with E-state index in [9.17, 15) is 14.3 Å². The van der Waals surface area contributed by atoms with E-state index in [-0.39, 0.29) is 18.3 Å². The molecular weight excluding hydrogens is 333 g/mol. The molecule has 0 aliphatic rings. The van der Waals surface area contributed by atoms with Crippen LogP contribution in [0.4, 0.5) is 4.39 Å². The molecule has 0 saturated heterocycles. The lowest BCUT2D eigenvalue weighted by Crippen LogP contribution is -2.39. The van der Waals surface area contributed by atoms with Gasteiger partial charge < -0.3 is 10.4 Å². The topological polar surface area (TPSA) is 67.2 Å². The van der Waals surface area contributed by atoms with Crippen molar-refractivity contribution in [2.75, 3.05) is 6.54 Å². The number of amides is 1. The Labute approximate surface area is 151 Å². The highest BCUT2D eigenvalue weighted by atomic mass is 19.1. The molecule has 0 radical (unpaired) electrons. The summed E-state index contributed by atoms with van der Waals surface area (Å²) in [4.78, 5) is 12.5. The average Bonchev–Trinajstić information content (AvgIpc) is 3.03. The number of aryl methyl sites for hydroxylation is 1. The molecule has 3 aromatic rings. The van der Waals surface area contributed by atoms with Crippen molar-refractivity contribution in [3.8, 4) is 11.3 Å². The van der Waals surface area contributed by atoms with Crippen LogP contribution in [-0.4, -0.2) is 27.3 Å². The fourth-order valence-electron chi connectivity index (χ4n) is 2.68. The van der Waals surface area contributed by atoms with Gasteiger partial charge in [-0.1, -0.05) is 30.3 Å². The quantitative estimate of drug-likeness (QED) is 0.741. The Bertz CT molecular complexity index is 903. The fourth-order valence-corrected chi connectivity index (χ4v) is 2.68. The van der Waals surface area contributed by atoms with Gasteiger partial charge in [0.1, 0.15) is 17.1 Å². The third kappa shape index (κ3) is 3.81. The lowest BCUT2D eigenvalue weighted by molar-refractivity contribution is 0.0523. The number of rotatable bonds is 5. The third-order valence-corrected chi connectivity index (χ3v) is 4.24. The number of hydrogen-bond donors (Lipinski definition) is 2. The largest absolute Gasteiger partial charge is 0.384 e. The monoisotopic (exact) mass is 353 g/mol. The van der Waals surface area contributed by atoms with Crippen molar-refractivity contribution in [1.29, 1.82) is 0 Å². The van der Waals surface area contributed by atoms with Crippen molar-refractivity contribution < 1.29 is 14.3 Å². The van der Waals surface area contributed by atoms with Gasteiger partial charge in [-0.2, -0.15) is 5.10 Å². The van der Waals surface area contributed by atoms with Crippen molar-refractivity contribution in [2.24, 2.45) is 7.05 Å². The van der Waals surface area contributed by atoms with Crippen LogP contribution in [0.15, 0.2) is 60.7 Å². The second-order valence-corrected chi connectivity index (χ2v) is 6.37. The first-order chi connectivity index (χ1) is 12.4. The van der Waals surface area contributed by atoms with E-state index in [0.717, 1.165) is 11.1 Å². The number of nitrogens with one attached hydrogen (secondary N) is 1. The van der Waals surface area contributed by atoms with Gasteiger partial charge in [0.25, 0.3) is 5.91 Å². The number of aromatic nitrogens is 2. The van der Waals surface area contributed by atoms with E-state index in [4.69, 9.17) is 0 Å². The maximum Gasteiger partial charge on any atom is 0.269 e. The maximum atomic E-state index is 13.1. The molecule has 0 aliphatic heterocycles. The van der Waals surface area contributed by atoms with Crippen LogP contribution in [-0.2, 0) is 12.6 Å². The molecule has 0 fully saturated rings. The highest BCUT2D eigenvalue weighted by Gasteiger charge is 2.24. The van der Waals surface area contributed by atoms with Crippen LogP contribution >= 0.6 is 0 Å². The Hall–Kier alpha value is -2.99. The highest BCUT2D eigenvalue weighted by Crippen LogP contribution is 2.21. The molecule has 3 rings (SSSR count). The number of halogens is 1. The molecule has 0 saturated carbocycles. The molecule has 1 heterocycles. The lowest BCUT2D eigenvalue weighted by Gasteiger charge is -2.24. The molecule has 1 amide bonds. The standard InChI is InChI=1S/C20H20FN3O2/c1-20(26,15-6-4-3-5-7-15)13-22-19(25)18-12-17(23-24(18)2)14-8-10-16(21)11-9-14/h3-12,26H,13H2,1-2H3,(H,22,25). The second kappa shape index (κ2) is 7.09. The summed E-state index contributed by atoms with van der Waals surface area (Å²) in [6.07, 6.45) is 0. The van der Waals surface area contributed by atoms with Gasteiger partial charge in [-0.05, 0) is 42.8 Å². The molecule has 26 heavy (non-hydrogen) atoms. The zero-order valence-corrected chi connectivity index (χ0v) is 14.6. The predicted molar refractivity (Wildman–Crippen MR) is 96.9 cm³/mol. The number of carbonyl (C=O) groups excluding carboxylic acids is 1. The van der Waals surface area contributed by atoms with Crippen LogP contribution in [0.25, 0.3) is 11.3 Å². The SMILES string of the molecule is Cn1nc(-c2ccc(F)cc2)cc1C(=O)NCC(C)(O)c1ccccc1. The summed E-state index contributed by atoms with van der Waals surface area (Å²) in [5.41, 5.74) is 1.19. The summed E-state index contributed by atoms with van der Waals surface area (Å²) in [5.74, 6) is -0.671. The highest BCUT2D eigenvalue weighted by molar-refractivity contribution is 5.93. The minimum atomic E-state index is -1.19. The third-order valence-electron chi connectivity index (χ3n) is 4.24. The van der Waals surface area contributed by atoms with Gasteiger partial charge >= 0.3 is 0 Å². The Kier molecular flexibility index (Phi) is 4.86. The number of hydrogen-bond acceptors (Lipinski definition) is 3. The normalized spacial score (nSPS) is 13.2. The summed E-state index contributed by atoms with van der Waals surface area (Å²) in [6, 6.07) is 16.7. The molecule has 0 spiro atoms. The second-order valence-electron chi connectivity index (χ2n) is 6.37. The van der Waals surface area contributed by atoms with Gasteiger partial charge in [0.15, 0.2) is 0 Å². The number of carbonyl (C=O) groups is 1. The van der Waals surface area contributed by atoms with Crippen LogP contribution in [0.3, 0.4) is 0 Å². The first-order valence-corrected chi connectivity index (χ1v) is 8.23. The van der Waals surface area contributed by atoms with E-state index >= 15 is 0 Å². The molecule has 6 heteroatoms. The van der Waals surface area contributed by atoms with Crippen LogP contribution in [0.2, 0.25) is 0 Å². The van der Waals surface area contributed by atoms with Gasteiger partial charge in [0.05, 0.1) is 12.2 Å². The molecule has 5 nitrogen and oxygen atoms in total. The smallest absolute Gasteiger partial charge is 0.269 e. The summed E-state index contributed by atoms with van der Waals surface area (Å²) in [5, 5.41) is 17.6. The van der Waals surface area contributed by atoms with E-state index < -0.39 is 5.60 Å². The number of nitrogens with zero attached hydrogens (tertiary/aromatic N) is 2. The molecule has 1 unspecified atom stereocenters. The molecule has 0 aliphatic carbocycles. The average molecular weight is 353 g/mol. The van der Waals surface area contributed by atoms with Crippen LogP contribution in [0.5, 0.6) is 0 Å². The van der Waals surface area contributed by atoms with Crippen molar-refractivity contribution >= 4 is 5.91 Å². The van der Waals surface area contributed by atoms with Crippen LogP contribution in [0.1, 0.15) is 23.0 Å². The van der Waals surface area contributed by atoms with Gasteiger partial charge in [0, 0.05) is 12.6 Å². The molecule has 2 aromatic carbocycles. The number of aliphatic hydroxyl groups is 1. The Morgan fingerprint density at radius 3 is 2.50 bits per heavy atom. The van der Waals surface area contributed by atoms with Gasteiger partial charge in [-0.15, -0.1) is 0 Å². The first kappa shape index (κ1) is 17.8. The summed E-state index contributed by atoms with van der Waals surface area (Å²) in [6.45, 7) is 1.71. The van der Waals surface area contributed by atoms with E-state index in [2.05, 4.69) is 10.4 Å². The molecule has 1 aromatic heterocycles. The van der Waals surface area contributed by atoms with Crippen molar-refractivity contribution in [2.45, 2.75) is 12.5 Å². The van der Waals surface area contributed by atoms with Gasteiger partial charge in [0.2, 0.25) is 0 Å². The van der Waals surface area contributed by atoms with Gasteiger partial charge in [-0.25, -0.2) is 4.39 Å². The fraction of sp³-hybridized carbons (Fsp3) is 0.200. The molecule has 134 valence electrons. The minimum Gasteiger partial charge on any atom is -0.384 e. The molecule has 0 bridgehead atoms. The van der Waals surface area contributed by atoms with Crippen molar-refractivity contribution in [3.63, 3.8) is 0 Å². The van der Waals surface area contributed by atoms with E-state index in [0.29, 0.717) is 11.4 Å². The molecular formula is C20H20FN3O2. The van der Waals surface area contributed by atoms with E-state index in [1.54, 1.807) is 32.2 Å². The molecule has 1 atom stereocenters. The Balaban J connectivity index is 1.73.